The number of aliphatic hydroxyl groups is 1. The summed E-state index contributed by atoms with van der Waals surface area (Å²) in [5, 5.41) is 10.9. The number of allylic oxidation sites excluding steroid dienone is 2. The van der Waals surface area contributed by atoms with Gasteiger partial charge in [0, 0.05) is 12.3 Å². The molecule has 0 spiro atoms. The summed E-state index contributed by atoms with van der Waals surface area (Å²) in [6, 6.07) is 2.05. The maximum absolute atomic E-state index is 12.2. The lowest BCUT2D eigenvalue weighted by molar-refractivity contribution is -0.158. The average molecular weight is 403 g/mol. The van der Waals surface area contributed by atoms with Crippen molar-refractivity contribution in [3.05, 3.63) is 35.8 Å². The van der Waals surface area contributed by atoms with Crippen molar-refractivity contribution >= 4 is 5.97 Å². The molecule has 0 radical (unpaired) electrons. The molecule has 0 bridgehead atoms. The number of hydrogen-bond donors (Lipinski definition) is 1. The number of rotatable bonds is 7. The van der Waals surface area contributed by atoms with Crippen molar-refractivity contribution in [3.8, 4) is 0 Å². The van der Waals surface area contributed by atoms with Crippen molar-refractivity contribution in [2.45, 2.75) is 79.2 Å². The van der Waals surface area contributed by atoms with Crippen LogP contribution in [0.4, 0.5) is 0 Å². The number of aryl methyl sites for hydroxylation is 1. The van der Waals surface area contributed by atoms with Crippen molar-refractivity contribution < 1.29 is 19.1 Å². The molecule has 1 aromatic rings. The van der Waals surface area contributed by atoms with Gasteiger partial charge in [-0.25, -0.2) is 0 Å². The van der Waals surface area contributed by atoms with Gasteiger partial charge in [0.1, 0.15) is 0 Å². The molecular formula is C25H38O4. The molecule has 0 aromatic carbocycles. The van der Waals surface area contributed by atoms with Gasteiger partial charge >= 0.3 is 5.97 Å². The van der Waals surface area contributed by atoms with E-state index in [1.165, 1.54) is 11.1 Å². The van der Waals surface area contributed by atoms with E-state index in [0.717, 1.165) is 32.1 Å². The zero-order valence-electron chi connectivity index (χ0n) is 18.7. The van der Waals surface area contributed by atoms with Crippen LogP contribution in [0, 0.1) is 28.6 Å². The van der Waals surface area contributed by atoms with E-state index in [0.29, 0.717) is 18.9 Å². The van der Waals surface area contributed by atoms with Gasteiger partial charge in [-0.3, -0.25) is 4.79 Å². The van der Waals surface area contributed by atoms with Gasteiger partial charge in [0.05, 0.1) is 25.2 Å². The van der Waals surface area contributed by atoms with E-state index in [9.17, 15) is 9.90 Å². The molecule has 162 valence electrons. The molecule has 3 rings (SSSR count). The van der Waals surface area contributed by atoms with Crippen molar-refractivity contribution in [1.29, 1.82) is 0 Å². The molecule has 5 atom stereocenters. The summed E-state index contributed by atoms with van der Waals surface area (Å²) in [5.41, 5.74) is 2.70. The summed E-state index contributed by atoms with van der Waals surface area (Å²) >= 11 is 0. The minimum atomic E-state index is -0.409. The summed E-state index contributed by atoms with van der Waals surface area (Å²) < 4.78 is 10.9. The number of carbonyl (C=O) groups is 1. The summed E-state index contributed by atoms with van der Waals surface area (Å²) in [6.45, 7) is 11.3. The van der Waals surface area contributed by atoms with Crippen molar-refractivity contribution in [2.24, 2.45) is 28.6 Å². The van der Waals surface area contributed by atoms with Crippen LogP contribution >= 0.6 is 0 Å². The van der Waals surface area contributed by atoms with Crippen LogP contribution in [0.15, 0.2) is 34.7 Å². The number of fused-ring (bicyclic) bond motifs is 1. The molecule has 0 saturated heterocycles. The topological polar surface area (TPSA) is 59.7 Å². The van der Waals surface area contributed by atoms with Gasteiger partial charge in [0.2, 0.25) is 0 Å². The maximum atomic E-state index is 12.2. The normalized spacial score (nSPS) is 34.6. The smallest absolute Gasteiger partial charge is 0.306 e. The summed E-state index contributed by atoms with van der Waals surface area (Å²) in [6.07, 6.45) is 10.8. The third kappa shape index (κ3) is 4.47. The van der Waals surface area contributed by atoms with E-state index in [-0.39, 0.29) is 28.6 Å². The van der Waals surface area contributed by atoms with Gasteiger partial charge in [-0.1, -0.05) is 39.3 Å². The minimum Gasteiger partial charge on any atom is -0.472 e. The van der Waals surface area contributed by atoms with E-state index < -0.39 is 6.10 Å². The number of hydrogen-bond acceptors (Lipinski definition) is 4. The van der Waals surface area contributed by atoms with Crippen molar-refractivity contribution in [1.82, 2.24) is 0 Å². The zero-order valence-corrected chi connectivity index (χ0v) is 18.7. The molecule has 0 unspecified atom stereocenters. The quantitative estimate of drug-likeness (QED) is 0.480. The van der Waals surface area contributed by atoms with Crippen LogP contribution in [0.5, 0.6) is 0 Å². The predicted molar refractivity (Wildman–Crippen MR) is 114 cm³/mol. The summed E-state index contributed by atoms with van der Waals surface area (Å²) in [7, 11) is 0. The van der Waals surface area contributed by atoms with Crippen LogP contribution in [0.25, 0.3) is 0 Å². The van der Waals surface area contributed by atoms with Crippen LogP contribution < -0.4 is 0 Å². The Kier molecular flexibility index (Phi) is 6.62. The Morgan fingerprint density at radius 3 is 2.76 bits per heavy atom. The first-order valence-electron chi connectivity index (χ1n) is 11.2. The van der Waals surface area contributed by atoms with E-state index in [4.69, 9.17) is 9.15 Å². The molecule has 1 fully saturated rings. The zero-order chi connectivity index (χ0) is 21.2. The third-order valence-corrected chi connectivity index (χ3v) is 7.89. The molecule has 0 aliphatic heterocycles. The number of ether oxygens (including phenoxy) is 1. The average Bonchev–Trinajstić information content (AvgIpc) is 3.16. The molecule has 4 heteroatoms. The molecule has 2 aliphatic carbocycles. The standard InChI is InChI=1S/C25H38O4/c1-17(2)14-23(27)29-16-20-21(26)6-7-22-24(4,12-9-19-10-13-28-15-19)18(3)8-11-25(20,22)5/h8,10,13,15,17,20-22,26H,6-7,9,11-12,14,16H2,1-5H3/t20-,21-,22-,24+,25+/m1/s1. The number of aliphatic hydroxyl groups excluding tert-OH is 1. The summed E-state index contributed by atoms with van der Waals surface area (Å²) in [4.78, 5) is 12.2. The van der Waals surface area contributed by atoms with Crippen molar-refractivity contribution in [2.75, 3.05) is 6.61 Å². The fourth-order valence-corrected chi connectivity index (χ4v) is 5.87. The molecule has 29 heavy (non-hydrogen) atoms. The lowest BCUT2D eigenvalue weighted by Crippen LogP contribution is -2.55. The number of esters is 1. The predicted octanol–water partition coefficient (Wildman–Crippen LogP) is 5.55. The summed E-state index contributed by atoms with van der Waals surface area (Å²) in [5.74, 6) is 0.579. The lowest BCUT2D eigenvalue weighted by Gasteiger charge is -2.58. The molecule has 1 saturated carbocycles. The van der Waals surface area contributed by atoms with Gasteiger partial charge < -0.3 is 14.3 Å². The van der Waals surface area contributed by atoms with Gasteiger partial charge in [0.15, 0.2) is 0 Å². The monoisotopic (exact) mass is 402 g/mol. The van der Waals surface area contributed by atoms with E-state index >= 15 is 0 Å². The minimum absolute atomic E-state index is 0.0186. The highest BCUT2D eigenvalue weighted by Gasteiger charge is 2.56. The van der Waals surface area contributed by atoms with E-state index in [1.807, 2.05) is 26.2 Å². The fourth-order valence-electron chi connectivity index (χ4n) is 5.87. The molecule has 4 nitrogen and oxygen atoms in total. The SMILES string of the molecule is CC1=CC[C@@]2(C)[C@H](COC(=O)CC(C)C)[C@H](O)CC[C@@H]2[C@@]1(C)CCc1ccoc1. The first-order chi connectivity index (χ1) is 13.7. The first kappa shape index (κ1) is 22.1. The second-order valence-electron chi connectivity index (χ2n) is 10.2. The highest BCUT2D eigenvalue weighted by atomic mass is 16.5. The largest absolute Gasteiger partial charge is 0.472 e. The second-order valence-corrected chi connectivity index (χ2v) is 10.2. The van der Waals surface area contributed by atoms with E-state index in [2.05, 4.69) is 26.8 Å². The Bertz CT molecular complexity index is 719. The van der Waals surface area contributed by atoms with Gasteiger partial charge in [0.25, 0.3) is 0 Å². The maximum Gasteiger partial charge on any atom is 0.306 e. The van der Waals surface area contributed by atoms with Crippen LogP contribution in [-0.2, 0) is 16.0 Å². The number of carbonyl (C=O) groups excluding carboxylic acids is 1. The lowest BCUT2D eigenvalue weighted by atomic mass is 9.47. The van der Waals surface area contributed by atoms with Crippen LogP contribution in [0.3, 0.4) is 0 Å². The molecule has 1 N–H and O–H groups in total. The Morgan fingerprint density at radius 2 is 2.10 bits per heavy atom. The molecular weight excluding hydrogens is 364 g/mol. The number of furan rings is 1. The molecule has 1 aromatic heterocycles. The van der Waals surface area contributed by atoms with Crippen LogP contribution in [0.1, 0.15) is 72.3 Å². The first-order valence-corrected chi connectivity index (χ1v) is 11.2. The van der Waals surface area contributed by atoms with Crippen molar-refractivity contribution in [3.63, 3.8) is 0 Å². The van der Waals surface area contributed by atoms with Crippen LogP contribution in [-0.4, -0.2) is 23.8 Å². The highest BCUT2D eigenvalue weighted by molar-refractivity contribution is 5.69. The Labute approximate surface area is 175 Å². The fraction of sp³-hybridized carbons (Fsp3) is 0.720. The molecule has 2 aliphatic rings. The Hall–Kier alpha value is -1.55. The molecule has 1 heterocycles. The molecule has 0 amide bonds. The van der Waals surface area contributed by atoms with Gasteiger partial charge in [-0.2, -0.15) is 0 Å². The third-order valence-electron chi connectivity index (χ3n) is 7.89. The highest BCUT2D eigenvalue weighted by Crippen LogP contribution is 2.61. The van der Waals surface area contributed by atoms with E-state index in [1.54, 1.807) is 6.26 Å². The van der Waals surface area contributed by atoms with Crippen LogP contribution in [0.2, 0.25) is 0 Å². The van der Waals surface area contributed by atoms with Gasteiger partial charge in [-0.15, -0.1) is 0 Å². The Balaban J connectivity index is 1.79. The second kappa shape index (κ2) is 8.67. The Morgan fingerprint density at radius 1 is 1.34 bits per heavy atom. The van der Waals surface area contributed by atoms with Gasteiger partial charge in [-0.05, 0) is 73.3 Å².